The van der Waals surface area contributed by atoms with E-state index in [1.807, 2.05) is 0 Å². The minimum atomic E-state index is -1.11. The van der Waals surface area contributed by atoms with E-state index in [2.05, 4.69) is 9.97 Å². The number of aromatic nitrogens is 2. The van der Waals surface area contributed by atoms with Crippen LogP contribution in [0.1, 0.15) is 5.56 Å². The lowest BCUT2D eigenvalue weighted by molar-refractivity contribution is -0.136. The molecule has 0 aliphatic heterocycles. The molecule has 0 amide bonds. The summed E-state index contributed by atoms with van der Waals surface area (Å²) in [6.07, 6.45) is 0.791. The summed E-state index contributed by atoms with van der Waals surface area (Å²) in [6, 6.07) is 5.60. The molecule has 6 heteroatoms. The van der Waals surface area contributed by atoms with Crippen molar-refractivity contribution in [2.24, 2.45) is 0 Å². The first kappa shape index (κ1) is 12.0. The predicted molar refractivity (Wildman–Crippen MR) is 61.6 cm³/mol. The van der Waals surface area contributed by atoms with Gasteiger partial charge in [0, 0.05) is 17.3 Å². The van der Waals surface area contributed by atoms with Gasteiger partial charge in [-0.3, -0.25) is 9.59 Å². The molecule has 2 N–H and O–H groups in total. The monoisotopic (exact) mass is 248 g/mol. The summed E-state index contributed by atoms with van der Waals surface area (Å²) >= 11 is 0. The van der Waals surface area contributed by atoms with E-state index in [4.69, 9.17) is 5.11 Å². The van der Waals surface area contributed by atoms with Gasteiger partial charge < -0.3 is 10.1 Å². The molecule has 1 aromatic heterocycles. The average Bonchev–Trinajstić information content (AvgIpc) is 2.31. The molecule has 0 fully saturated rings. The number of carboxylic acid groups (broad SMARTS) is 1. The zero-order valence-corrected chi connectivity index (χ0v) is 9.18. The maximum atomic E-state index is 13.0. The van der Waals surface area contributed by atoms with Crippen molar-refractivity contribution in [2.75, 3.05) is 0 Å². The molecule has 0 saturated heterocycles. The van der Waals surface area contributed by atoms with Crippen LogP contribution >= 0.6 is 0 Å². The van der Waals surface area contributed by atoms with Gasteiger partial charge in [0.1, 0.15) is 11.6 Å². The Labute approximate surface area is 101 Å². The fraction of sp³-hybridized carbons (Fsp3) is 0.0833. The van der Waals surface area contributed by atoms with Crippen LogP contribution in [0.3, 0.4) is 0 Å². The Bertz CT molecular complexity index is 652. The van der Waals surface area contributed by atoms with Gasteiger partial charge in [-0.25, -0.2) is 9.37 Å². The van der Waals surface area contributed by atoms with E-state index in [0.717, 1.165) is 0 Å². The zero-order chi connectivity index (χ0) is 13.1. The van der Waals surface area contributed by atoms with E-state index in [9.17, 15) is 14.0 Å². The minimum absolute atomic E-state index is 0.0580. The minimum Gasteiger partial charge on any atom is -0.481 e. The molecular weight excluding hydrogens is 239 g/mol. The van der Waals surface area contributed by atoms with Crippen molar-refractivity contribution in [2.45, 2.75) is 6.42 Å². The smallest absolute Gasteiger partial charge is 0.308 e. The molecule has 2 rings (SSSR count). The van der Waals surface area contributed by atoms with Gasteiger partial charge in [-0.2, -0.15) is 0 Å². The first-order valence-corrected chi connectivity index (χ1v) is 5.12. The number of aliphatic carboxylic acids is 1. The quantitative estimate of drug-likeness (QED) is 0.855. The van der Waals surface area contributed by atoms with Crippen LogP contribution in [0.2, 0.25) is 0 Å². The van der Waals surface area contributed by atoms with E-state index < -0.39 is 23.8 Å². The molecule has 5 nitrogen and oxygen atoms in total. The van der Waals surface area contributed by atoms with Gasteiger partial charge in [-0.15, -0.1) is 0 Å². The third kappa shape index (κ3) is 2.60. The van der Waals surface area contributed by atoms with E-state index >= 15 is 0 Å². The summed E-state index contributed by atoms with van der Waals surface area (Å²) in [6.45, 7) is 0. The summed E-state index contributed by atoms with van der Waals surface area (Å²) in [7, 11) is 0. The van der Waals surface area contributed by atoms with Crippen LogP contribution < -0.4 is 5.56 Å². The highest BCUT2D eigenvalue weighted by Crippen LogP contribution is 2.14. The normalized spacial score (nSPS) is 10.3. The number of aromatic amines is 1. The zero-order valence-electron chi connectivity index (χ0n) is 9.18. The SMILES string of the molecule is O=C(O)Cc1cnc(-c2cccc(F)c2)[nH]c1=O. The lowest BCUT2D eigenvalue weighted by atomic mass is 10.2. The molecule has 0 aliphatic carbocycles. The summed E-state index contributed by atoms with van der Waals surface area (Å²) in [5, 5.41) is 8.58. The van der Waals surface area contributed by atoms with Crippen molar-refractivity contribution in [1.29, 1.82) is 0 Å². The largest absolute Gasteiger partial charge is 0.481 e. The van der Waals surface area contributed by atoms with E-state index in [1.54, 1.807) is 6.07 Å². The molecule has 1 heterocycles. The van der Waals surface area contributed by atoms with Gasteiger partial charge in [0.15, 0.2) is 0 Å². The Morgan fingerprint density at radius 1 is 1.44 bits per heavy atom. The lowest BCUT2D eigenvalue weighted by Gasteiger charge is -2.02. The summed E-state index contributed by atoms with van der Waals surface area (Å²) in [5.74, 6) is -1.35. The number of rotatable bonds is 3. The number of nitrogens with zero attached hydrogens (tertiary/aromatic N) is 1. The third-order valence-corrected chi connectivity index (χ3v) is 2.31. The molecule has 2 aromatic rings. The van der Waals surface area contributed by atoms with Gasteiger partial charge in [0.05, 0.1) is 6.42 Å². The van der Waals surface area contributed by atoms with Crippen LogP contribution in [-0.4, -0.2) is 21.0 Å². The molecule has 18 heavy (non-hydrogen) atoms. The Morgan fingerprint density at radius 3 is 2.83 bits per heavy atom. The van der Waals surface area contributed by atoms with Crippen LogP contribution in [0.4, 0.5) is 4.39 Å². The second-order valence-corrected chi connectivity index (χ2v) is 3.67. The molecule has 0 spiro atoms. The summed E-state index contributed by atoms with van der Waals surface area (Å²) in [4.78, 5) is 28.4. The predicted octanol–water partition coefficient (Wildman–Crippen LogP) is 1.20. The molecule has 1 aromatic carbocycles. The molecule has 0 radical (unpaired) electrons. The Morgan fingerprint density at radius 2 is 2.22 bits per heavy atom. The molecule has 0 atom stereocenters. The van der Waals surface area contributed by atoms with Crippen molar-refractivity contribution in [3.8, 4) is 11.4 Å². The van der Waals surface area contributed by atoms with Gasteiger partial charge in [-0.1, -0.05) is 12.1 Å². The first-order valence-electron chi connectivity index (χ1n) is 5.12. The number of benzene rings is 1. The number of carbonyl (C=O) groups is 1. The highest BCUT2D eigenvalue weighted by Gasteiger charge is 2.08. The highest BCUT2D eigenvalue weighted by molar-refractivity contribution is 5.70. The van der Waals surface area contributed by atoms with Crippen molar-refractivity contribution >= 4 is 5.97 Å². The molecule has 0 aliphatic rings. The van der Waals surface area contributed by atoms with E-state index in [0.29, 0.717) is 5.56 Å². The number of halogens is 1. The maximum absolute atomic E-state index is 13.0. The van der Waals surface area contributed by atoms with Crippen LogP contribution in [0.25, 0.3) is 11.4 Å². The number of carboxylic acids is 1. The van der Waals surface area contributed by atoms with Crippen molar-refractivity contribution in [1.82, 2.24) is 9.97 Å². The maximum Gasteiger partial charge on any atom is 0.308 e. The van der Waals surface area contributed by atoms with Gasteiger partial charge >= 0.3 is 5.97 Å². The third-order valence-electron chi connectivity index (χ3n) is 2.31. The van der Waals surface area contributed by atoms with Crippen LogP contribution in [0, 0.1) is 5.82 Å². The molecule has 0 unspecified atom stereocenters. The average molecular weight is 248 g/mol. The topological polar surface area (TPSA) is 83.0 Å². The van der Waals surface area contributed by atoms with Gasteiger partial charge in [0.2, 0.25) is 0 Å². The van der Waals surface area contributed by atoms with Crippen LogP contribution in [-0.2, 0) is 11.2 Å². The number of hydrogen-bond acceptors (Lipinski definition) is 3. The van der Waals surface area contributed by atoms with E-state index in [1.165, 1.54) is 24.4 Å². The lowest BCUT2D eigenvalue weighted by Crippen LogP contribution is -2.17. The second kappa shape index (κ2) is 4.79. The second-order valence-electron chi connectivity index (χ2n) is 3.67. The fourth-order valence-electron chi connectivity index (χ4n) is 1.49. The molecular formula is C12H9FN2O3. The van der Waals surface area contributed by atoms with Crippen LogP contribution in [0.15, 0.2) is 35.3 Å². The van der Waals surface area contributed by atoms with Crippen molar-refractivity contribution < 1.29 is 14.3 Å². The van der Waals surface area contributed by atoms with Gasteiger partial charge in [-0.05, 0) is 12.1 Å². The number of hydrogen-bond donors (Lipinski definition) is 2. The molecule has 92 valence electrons. The summed E-state index contributed by atoms with van der Waals surface area (Å²) in [5.41, 5.74) is -0.0525. The van der Waals surface area contributed by atoms with Crippen molar-refractivity contribution in [3.63, 3.8) is 0 Å². The fourth-order valence-corrected chi connectivity index (χ4v) is 1.49. The van der Waals surface area contributed by atoms with Crippen molar-refractivity contribution in [3.05, 3.63) is 52.2 Å². The first-order chi connectivity index (χ1) is 8.56. The molecule has 0 bridgehead atoms. The number of H-pyrrole nitrogens is 1. The Kier molecular flexibility index (Phi) is 3.18. The van der Waals surface area contributed by atoms with Crippen LogP contribution in [0.5, 0.6) is 0 Å². The van der Waals surface area contributed by atoms with Gasteiger partial charge in [0.25, 0.3) is 5.56 Å². The Hall–Kier alpha value is -2.50. The molecule has 0 saturated carbocycles. The highest BCUT2D eigenvalue weighted by atomic mass is 19.1. The number of nitrogens with one attached hydrogen (secondary N) is 1. The van der Waals surface area contributed by atoms with E-state index in [-0.39, 0.29) is 11.4 Å². The standard InChI is InChI=1S/C12H9FN2O3/c13-9-3-1-2-7(4-9)11-14-6-8(5-10(16)17)12(18)15-11/h1-4,6H,5H2,(H,16,17)(H,14,15,18). The summed E-state index contributed by atoms with van der Waals surface area (Å²) < 4.78 is 13.0. The Balaban J connectivity index is 2.40.